The Bertz CT molecular complexity index is 970. The molecule has 3 atom stereocenters. The summed E-state index contributed by atoms with van der Waals surface area (Å²) in [5.41, 5.74) is 6.31. The number of thiazole rings is 1. The molecular formula is C18H21N5O6S2. The monoisotopic (exact) mass is 467 g/mol. The van der Waals surface area contributed by atoms with E-state index in [0.717, 1.165) is 30.6 Å². The van der Waals surface area contributed by atoms with Crippen molar-refractivity contribution in [3.63, 3.8) is 0 Å². The summed E-state index contributed by atoms with van der Waals surface area (Å²) < 4.78 is 5.75. The van der Waals surface area contributed by atoms with Crippen molar-refractivity contribution in [2.45, 2.75) is 36.8 Å². The zero-order chi connectivity index (χ0) is 22.1. The molecule has 0 aromatic carbocycles. The number of hydrogen-bond acceptors (Lipinski definition) is 10. The van der Waals surface area contributed by atoms with Crippen molar-refractivity contribution in [2.75, 3.05) is 25.2 Å². The highest BCUT2D eigenvalue weighted by molar-refractivity contribution is 8.00. The third kappa shape index (κ3) is 4.00. The van der Waals surface area contributed by atoms with Crippen molar-refractivity contribution in [1.29, 1.82) is 0 Å². The van der Waals surface area contributed by atoms with E-state index in [2.05, 4.69) is 15.5 Å². The molecule has 4 heterocycles. The summed E-state index contributed by atoms with van der Waals surface area (Å²) in [5.74, 6) is -1.92. The predicted molar refractivity (Wildman–Crippen MR) is 113 cm³/mol. The number of thioether (sulfide) groups is 1. The Morgan fingerprint density at radius 2 is 2.26 bits per heavy atom. The first-order chi connectivity index (χ1) is 14.9. The standard InChI is InChI=1S/C18H21N5O6S2/c1-28-22-11(9-7-31-18(19)20-9)14(24)21-12-15(25)23-13(17(26)27)8(6-30-16(12)23)10-4-2-3-5-29-10/h7,10,12,16H,2-6H2,1H3,(H2,19,20)(H,21,24)(H,26,27)/t10?,12-,16-/m1/s1. The van der Waals surface area contributed by atoms with Crippen molar-refractivity contribution in [3.05, 3.63) is 22.3 Å². The molecule has 0 saturated carbocycles. The summed E-state index contributed by atoms with van der Waals surface area (Å²) in [7, 11) is 1.29. The lowest BCUT2D eigenvalue weighted by Gasteiger charge is -2.50. The number of amides is 2. The molecule has 4 rings (SSSR count). The zero-order valence-electron chi connectivity index (χ0n) is 16.6. The smallest absolute Gasteiger partial charge is 0.352 e. The molecule has 0 spiro atoms. The number of nitrogens with one attached hydrogen (secondary N) is 1. The number of nitrogen functional groups attached to an aromatic ring is 1. The molecule has 1 unspecified atom stereocenters. The predicted octanol–water partition coefficient (Wildman–Crippen LogP) is 0.384. The molecule has 2 saturated heterocycles. The van der Waals surface area contributed by atoms with Crippen LogP contribution >= 0.6 is 23.1 Å². The number of nitrogens with zero attached hydrogens (tertiary/aromatic N) is 3. The van der Waals surface area contributed by atoms with Crippen LogP contribution in [0.2, 0.25) is 0 Å². The number of β-lactam (4-membered cyclic amide) rings is 1. The van der Waals surface area contributed by atoms with Gasteiger partial charge in [0.05, 0.1) is 6.10 Å². The largest absolute Gasteiger partial charge is 0.477 e. The highest BCUT2D eigenvalue weighted by Gasteiger charge is 2.55. The van der Waals surface area contributed by atoms with Crippen LogP contribution in [0, 0.1) is 0 Å². The van der Waals surface area contributed by atoms with Crippen molar-refractivity contribution >= 4 is 51.7 Å². The van der Waals surface area contributed by atoms with Gasteiger partial charge in [-0.1, -0.05) is 5.16 Å². The molecule has 13 heteroatoms. The number of carboxylic acids is 1. The number of carbonyl (C=O) groups is 3. The van der Waals surface area contributed by atoms with Gasteiger partial charge in [0.1, 0.15) is 29.9 Å². The van der Waals surface area contributed by atoms with Crippen LogP contribution in [0.4, 0.5) is 5.13 Å². The van der Waals surface area contributed by atoms with Crippen LogP contribution in [0.3, 0.4) is 0 Å². The maximum Gasteiger partial charge on any atom is 0.352 e. The van der Waals surface area contributed by atoms with E-state index in [1.165, 1.54) is 23.8 Å². The number of carboxylic acid groups (broad SMARTS) is 1. The van der Waals surface area contributed by atoms with Crippen molar-refractivity contribution in [1.82, 2.24) is 15.2 Å². The minimum Gasteiger partial charge on any atom is -0.477 e. The summed E-state index contributed by atoms with van der Waals surface area (Å²) in [6.07, 6.45) is 2.32. The van der Waals surface area contributed by atoms with Crippen LogP contribution in [-0.2, 0) is 24.0 Å². The van der Waals surface area contributed by atoms with E-state index in [9.17, 15) is 19.5 Å². The second-order valence-corrected chi connectivity index (χ2v) is 9.08. The topological polar surface area (TPSA) is 156 Å². The molecule has 4 N–H and O–H groups in total. The summed E-state index contributed by atoms with van der Waals surface area (Å²) >= 11 is 2.54. The lowest BCUT2D eigenvalue weighted by atomic mass is 9.96. The normalized spacial score (nSPS) is 26.2. The lowest BCUT2D eigenvalue weighted by molar-refractivity contribution is -0.150. The summed E-state index contributed by atoms with van der Waals surface area (Å²) in [6.45, 7) is 0.574. The van der Waals surface area contributed by atoms with Gasteiger partial charge < -0.3 is 25.7 Å². The van der Waals surface area contributed by atoms with Gasteiger partial charge in [-0.15, -0.1) is 23.1 Å². The number of aromatic nitrogens is 1. The fraction of sp³-hybridized carbons (Fsp3) is 0.500. The van der Waals surface area contributed by atoms with Gasteiger partial charge in [-0.25, -0.2) is 9.78 Å². The van der Waals surface area contributed by atoms with E-state index in [4.69, 9.17) is 15.3 Å². The van der Waals surface area contributed by atoms with Crippen molar-refractivity contribution < 1.29 is 29.1 Å². The Hall–Kier alpha value is -2.64. The first kappa shape index (κ1) is 21.6. The number of carbonyl (C=O) groups excluding carboxylic acids is 2. The van der Waals surface area contributed by atoms with Gasteiger partial charge in [0.15, 0.2) is 10.8 Å². The van der Waals surface area contributed by atoms with Crippen molar-refractivity contribution in [2.24, 2.45) is 5.16 Å². The van der Waals surface area contributed by atoms with Gasteiger partial charge in [0.25, 0.3) is 11.8 Å². The Balaban J connectivity index is 1.53. The van der Waals surface area contributed by atoms with Crippen LogP contribution < -0.4 is 11.1 Å². The maximum atomic E-state index is 12.9. The van der Waals surface area contributed by atoms with Crippen LogP contribution in [0.1, 0.15) is 25.0 Å². The average Bonchev–Trinajstić information content (AvgIpc) is 3.20. The summed E-state index contributed by atoms with van der Waals surface area (Å²) in [4.78, 5) is 47.6. The molecule has 2 fully saturated rings. The van der Waals surface area contributed by atoms with E-state index >= 15 is 0 Å². The second-order valence-electron chi connectivity index (χ2n) is 7.09. The van der Waals surface area contributed by atoms with Crippen LogP contribution in [0.15, 0.2) is 21.8 Å². The second kappa shape index (κ2) is 8.85. The summed E-state index contributed by atoms with van der Waals surface area (Å²) in [5, 5.41) is 17.4. The fourth-order valence-corrected chi connectivity index (χ4v) is 5.76. The Kier molecular flexibility index (Phi) is 6.16. The number of oxime groups is 1. The number of fused-ring (bicyclic) bond motifs is 1. The third-order valence-electron chi connectivity index (χ3n) is 5.22. The Morgan fingerprint density at radius 3 is 2.87 bits per heavy atom. The molecule has 0 aliphatic carbocycles. The van der Waals surface area contributed by atoms with Gasteiger partial charge in [0, 0.05) is 17.7 Å². The number of anilines is 1. The minimum atomic E-state index is -1.17. The molecule has 3 aliphatic rings. The highest BCUT2D eigenvalue weighted by Crippen LogP contribution is 2.42. The lowest BCUT2D eigenvalue weighted by Crippen LogP contribution is -2.71. The van der Waals surface area contributed by atoms with E-state index in [0.29, 0.717) is 17.9 Å². The SMILES string of the molecule is CON=C(C(=O)N[C@@H]1C(=O)N2C(C(=O)O)=C(C3CCCCO3)CS[C@H]12)c1csc(N)n1. The average molecular weight is 468 g/mol. The number of hydrogen-bond donors (Lipinski definition) is 3. The Labute approximate surface area is 185 Å². The van der Waals surface area contributed by atoms with E-state index in [1.54, 1.807) is 5.38 Å². The molecule has 0 bridgehead atoms. The molecule has 3 aliphatic heterocycles. The van der Waals surface area contributed by atoms with Crippen LogP contribution in [0.25, 0.3) is 0 Å². The molecule has 2 amide bonds. The molecule has 0 radical (unpaired) electrons. The zero-order valence-corrected chi connectivity index (χ0v) is 18.2. The molecule has 1 aromatic rings. The van der Waals surface area contributed by atoms with Crippen LogP contribution in [0.5, 0.6) is 0 Å². The fourth-order valence-electron chi connectivity index (χ4n) is 3.81. The maximum absolute atomic E-state index is 12.9. The first-order valence-electron chi connectivity index (χ1n) is 9.58. The molecule has 11 nitrogen and oxygen atoms in total. The minimum absolute atomic E-state index is 0.0378. The van der Waals surface area contributed by atoms with Gasteiger partial charge in [-0.3, -0.25) is 14.5 Å². The highest BCUT2D eigenvalue weighted by atomic mass is 32.2. The van der Waals surface area contributed by atoms with Gasteiger partial charge in [-0.2, -0.15) is 0 Å². The number of ether oxygens (including phenoxy) is 1. The number of nitrogens with two attached hydrogens (primary N) is 1. The first-order valence-corrected chi connectivity index (χ1v) is 11.5. The van der Waals surface area contributed by atoms with E-state index in [-0.39, 0.29) is 28.3 Å². The van der Waals surface area contributed by atoms with E-state index < -0.39 is 29.2 Å². The van der Waals surface area contributed by atoms with Crippen molar-refractivity contribution in [3.8, 4) is 0 Å². The van der Waals surface area contributed by atoms with Crippen LogP contribution in [-0.4, -0.2) is 75.5 Å². The van der Waals surface area contributed by atoms with E-state index in [1.807, 2.05) is 0 Å². The van der Waals surface area contributed by atoms with Gasteiger partial charge in [-0.05, 0) is 24.8 Å². The summed E-state index contributed by atoms with van der Waals surface area (Å²) in [6, 6.07) is -0.890. The molecular weight excluding hydrogens is 446 g/mol. The number of rotatable bonds is 6. The van der Waals surface area contributed by atoms with Gasteiger partial charge >= 0.3 is 5.97 Å². The number of aliphatic carboxylic acids is 1. The van der Waals surface area contributed by atoms with Gasteiger partial charge in [0.2, 0.25) is 0 Å². The molecule has 166 valence electrons. The quantitative estimate of drug-likeness (QED) is 0.306. The Morgan fingerprint density at radius 1 is 1.45 bits per heavy atom. The molecule has 1 aromatic heterocycles. The molecule has 31 heavy (non-hydrogen) atoms. The third-order valence-corrected chi connectivity index (χ3v) is 7.19.